The summed E-state index contributed by atoms with van der Waals surface area (Å²) in [5.74, 6) is 1.60. The van der Waals surface area contributed by atoms with Crippen LogP contribution in [0.2, 0.25) is 0 Å². The molecule has 1 aliphatic carbocycles. The van der Waals surface area contributed by atoms with Gasteiger partial charge in [0.05, 0.1) is 30.0 Å². The van der Waals surface area contributed by atoms with Crippen molar-refractivity contribution < 1.29 is 31.1 Å². The summed E-state index contributed by atoms with van der Waals surface area (Å²) in [6.07, 6.45) is -1.46. The first-order valence-electron chi connectivity index (χ1n) is 16.4. The smallest absolute Gasteiger partial charge is 0.377 e. The Morgan fingerprint density at radius 1 is 0.566 bits per heavy atom. The zero-order chi connectivity index (χ0) is 37.0. The van der Waals surface area contributed by atoms with Gasteiger partial charge in [0.1, 0.15) is 23.0 Å². The van der Waals surface area contributed by atoms with Crippen molar-refractivity contribution in [3.8, 4) is 0 Å². The van der Waals surface area contributed by atoms with Crippen LogP contribution >= 0.6 is 0 Å². The number of pyridine rings is 4. The van der Waals surface area contributed by atoms with E-state index in [1.165, 1.54) is 24.3 Å². The van der Waals surface area contributed by atoms with Crippen LogP contribution in [0.25, 0.3) is 22.1 Å². The van der Waals surface area contributed by atoms with Gasteiger partial charge in [-0.15, -0.1) is 0 Å². The van der Waals surface area contributed by atoms with E-state index in [9.17, 15) is 26.3 Å². The summed E-state index contributed by atoms with van der Waals surface area (Å²) in [5, 5.41) is 13.5. The van der Waals surface area contributed by atoms with Crippen LogP contribution in [-0.2, 0) is 30.2 Å². The Labute approximate surface area is 297 Å². The summed E-state index contributed by atoms with van der Waals surface area (Å²) in [4.78, 5) is 32.9. The first kappa shape index (κ1) is 35.4. The second-order valence-electron chi connectivity index (χ2n) is 12.1. The number of alkyl halides is 6. The van der Waals surface area contributed by atoms with Crippen molar-refractivity contribution in [2.75, 3.05) is 34.5 Å². The maximum absolute atomic E-state index is 13.1. The topological polar surface area (TPSA) is 160 Å². The van der Waals surface area contributed by atoms with E-state index in [4.69, 9.17) is 4.74 Å². The molecule has 0 radical (unpaired) electrons. The third-order valence-corrected chi connectivity index (χ3v) is 8.04. The number of aromatic nitrogens is 8. The van der Waals surface area contributed by atoms with Gasteiger partial charge in [-0.2, -0.15) is 46.3 Å². The summed E-state index contributed by atoms with van der Waals surface area (Å²) in [6.45, 7) is 0.955. The molecule has 1 saturated carbocycles. The predicted octanol–water partition coefficient (Wildman–Crippen LogP) is 6.49. The molecule has 0 aromatic carbocycles. The Morgan fingerprint density at radius 2 is 1.00 bits per heavy atom. The molecule has 6 aromatic heterocycles. The van der Waals surface area contributed by atoms with Crippen molar-refractivity contribution in [2.24, 2.45) is 0 Å². The first-order valence-corrected chi connectivity index (χ1v) is 16.4. The summed E-state index contributed by atoms with van der Waals surface area (Å²) >= 11 is 0. The van der Waals surface area contributed by atoms with Gasteiger partial charge in [-0.3, -0.25) is 9.97 Å². The highest BCUT2D eigenvalue weighted by Gasteiger charge is 2.36. The molecule has 2 fully saturated rings. The van der Waals surface area contributed by atoms with Crippen molar-refractivity contribution in [1.29, 1.82) is 0 Å². The molecule has 19 heteroatoms. The van der Waals surface area contributed by atoms with E-state index in [1.807, 2.05) is 0 Å². The van der Waals surface area contributed by atoms with Crippen molar-refractivity contribution in [3.05, 3.63) is 95.8 Å². The number of ether oxygens (including phenoxy) is 1. The number of anilines is 4. The molecule has 4 N–H and O–H groups in total. The number of nitrogens with zero attached hydrogens (tertiary/aromatic N) is 8. The van der Waals surface area contributed by atoms with E-state index in [0.717, 1.165) is 25.2 Å². The standard InChI is InChI=1S/C17H15F3N6O.C17H15F3N6/c18-17(19,20)13-10(3-1-5-21-13)7-23-15-12-4-2-6-22-14(12)25-16(26-15)24-11-8-27-9-11;18-17(19,20)13-10(3-1-7-21-13)9-23-15-12-4-2-8-22-14(12)25-16(26-15)24-11-5-6-11/h1-6,11H,7-9H2,(H2,22,23,24,25,26);1-4,7-8,11H,5-6,9H2,(H2,22,23,24,25,26). The molecule has 7 heterocycles. The number of rotatable bonds is 10. The monoisotopic (exact) mass is 736 g/mol. The zero-order valence-corrected chi connectivity index (χ0v) is 27.6. The van der Waals surface area contributed by atoms with E-state index in [0.29, 0.717) is 64.9 Å². The molecule has 13 nitrogen and oxygen atoms in total. The van der Waals surface area contributed by atoms with Crippen LogP contribution < -0.4 is 21.3 Å². The van der Waals surface area contributed by atoms with Crippen LogP contribution in [0.5, 0.6) is 0 Å². The van der Waals surface area contributed by atoms with Crippen LogP contribution in [-0.4, -0.2) is 65.2 Å². The fourth-order valence-electron chi connectivity index (χ4n) is 5.27. The third-order valence-electron chi connectivity index (χ3n) is 8.04. The second-order valence-corrected chi connectivity index (χ2v) is 12.1. The molecule has 6 aromatic rings. The number of fused-ring (bicyclic) bond motifs is 2. The van der Waals surface area contributed by atoms with Gasteiger partial charge in [0.2, 0.25) is 11.9 Å². The number of nitrogens with one attached hydrogen (secondary N) is 4. The van der Waals surface area contributed by atoms with Crippen molar-refractivity contribution in [2.45, 2.75) is 50.4 Å². The van der Waals surface area contributed by atoms with Gasteiger partial charge < -0.3 is 26.0 Å². The molecule has 0 atom stereocenters. The molecule has 1 aliphatic heterocycles. The molecule has 8 rings (SSSR count). The van der Waals surface area contributed by atoms with Crippen molar-refractivity contribution in [1.82, 2.24) is 39.9 Å². The van der Waals surface area contributed by atoms with E-state index in [-0.39, 0.29) is 30.3 Å². The highest BCUT2D eigenvalue weighted by Crippen LogP contribution is 2.32. The average molecular weight is 737 g/mol. The Morgan fingerprint density at radius 3 is 1.42 bits per heavy atom. The number of hydrogen-bond acceptors (Lipinski definition) is 13. The minimum Gasteiger partial charge on any atom is -0.377 e. The SMILES string of the molecule is FC(F)(F)c1ncccc1CNc1nc(NC2CC2)nc2ncccc12.FC(F)(F)c1ncccc1CNc1nc(NC2COC2)nc2ncccc12. The summed E-state index contributed by atoms with van der Waals surface area (Å²) in [7, 11) is 0. The number of halogens is 6. The average Bonchev–Trinajstić information content (AvgIpc) is 3.95. The fraction of sp³-hybridized carbons (Fsp3) is 0.294. The third kappa shape index (κ3) is 8.74. The lowest BCUT2D eigenvalue weighted by Gasteiger charge is -2.27. The Hall–Kier alpha value is -5.98. The van der Waals surface area contributed by atoms with Gasteiger partial charge >= 0.3 is 12.4 Å². The van der Waals surface area contributed by atoms with Crippen molar-refractivity contribution in [3.63, 3.8) is 0 Å². The second kappa shape index (κ2) is 14.9. The summed E-state index contributed by atoms with van der Waals surface area (Å²) in [5.41, 5.74) is -0.815. The minimum absolute atomic E-state index is 0.0301. The van der Waals surface area contributed by atoms with Gasteiger partial charge in [0.25, 0.3) is 0 Å². The molecule has 0 spiro atoms. The van der Waals surface area contributed by atoms with E-state index >= 15 is 0 Å². The van der Waals surface area contributed by atoms with Crippen LogP contribution in [0, 0.1) is 0 Å². The molecule has 53 heavy (non-hydrogen) atoms. The van der Waals surface area contributed by atoms with Gasteiger partial charge in [0.15, 0.2) is 11.3 Å². The van der Waals surface area contributed by atoms with E-state index < -0.39 is 23.7 Å². The Kier molecular flexibility index (Phi) is 9.98. The summed E-state index contributed by atoms with van der Waals surface area (Å²) in [6, 6.07) is 13.2. The lowest BCUT2D eigenvalue weighted by molar-refractivity contribution is -0.142. The van der Waals surface area contributed by atoms with Crippen LogP contribution in [0.4, 0.5) is 49.9 Å². The fourth-order valence-corrected chi connectivity index (χ4v) is 5.27. The molecule has 1 saturated heterocycles. The largest absolute Gasteiger partial charge is 0.433 e. The Bertz CT molecular complexity index is 2210. The molecule has 2 aliphatic rings. The van der Waals surface area contributed by atoms with Gasteiger partial charge in [0, 0.05) is 55.0 Å². The lowest BCUT2D eigenvalue weighted by atomic mass is 10.2. The van der Waals surface area contributed by atoms with Crippen LogP contribution in [0.3, 0.4) is 0 Å². The summed E-state index contributed by atoms with van der Waals surface area (Å²) < 4.78 is 83.8. The van der Waals surface area contributed by atoms with Crippen LogP contribution in [0.15, 0.2) is 73.3 Å². The van der Waals surface area contributed by atoms with Gasteiger partial charge in [-0.05, 0) is 49.2 Å². The normalized spacial score (nSPS) is 14.6. The first-order chi connectivity index (χ1) is 25.5. The van der Waals surface area contributed by atoms with E-state index in [2.05, 4.69) is 61.1 Å². The highest BCUT2D eigenvalue weighted by molar-refractivity contribution is 5.88. The molecular weight excluding hydrogens is 706 g/mol. The molecule has 0 amide bonds. The predicted molar refractivity (Wildman–Crippen MR) is 183 cm³/mol. The molecule has 0 unspecified atom stereocenters. The molecular formula is C34H30F6N12O. The van der Waals surface area contributed by atoms with Gasteiger partial charge in [-0.1, -0.05) is 12.1 Å². The highest BCUT2D eigenvalue weighted by atomic mass is 19.4. The molecule has 0 bridgehead atoms. The van der Waals surface area contributed by atoms with Crippen molar-refractivity contribution >= 4 is 45.6 Å². The van der Waals surface area contributed by atoms with Gasteiger partial charge in [-0.25, -0.2) is 9.97 Å². The quantitative estimate of drug-likeness (QED) is 0.113. The minimum atomic E-state index is -4.52. The Balaban J connectivity index is 0.000000164. The lowest BCUT2D eigenvalue weighted by Crippen LogP contribution is -2.40. The molecule has 274 valence electrons. The zero-order valence-electron chi connectivity index (χ0n) is 27.6. The maximum Gasteiger partial charge on any atom is 0.433 e. The van der Waals surface area contributed by atoms with E-state index in [1.54, 1.807) is 36.7 Å². The van der Waals surface area contributed by atoms with Crippen LogP contribution in [0.1, 0.15) is 35.4 Å². The maximum atomic E-state index is 13.1. The number of hydrogen-bond donors (Lipinski definition) is 4.